The Kier molecular flexibility index (Phi) is 8.04. The average molecular weight is 138 g/mol. The lowest BCUT2D eigenvalue weighted by atomic mass is 10.2. The van der Waals surface area contributed by atoms with Crippen LogP contribution in [0.5, 0.6) is 0 Å². The normalized spacial score (nSPS) is 11.8. The zero-order valence-electron chi connectivity index (χ0n) is 7.14. The van der Waals surface area contributed by atoms with Crippen LogP contribution in [0.4, 0.5) is 0 Å². The molecule has 0 N–H and O–H groups in total. The Bertz CT molecular complexity index is 98.6. The Hall–Kier alpha value is -0.520. The van der Waals surface area contributed by atoms with Gasteiger partial charge in [-0.05, 0) is 26.2 Å². The van der Waals surface area contributed by atoms with Crippen LogP contribution >= 0.6 is 0 Å². The molecule has 0 aromatic heterocycles. The quantitative estimate of drug-likeness (QED) is 0.401. The molecule has 0 saturated heterocycles. The number of hydrogen-bond acceptors (Lipinski definition) is 0. The molecule has 0 aliphatic carbocycles. The van der Waals surface area contributed by atoms with Crippen LogP contribution in [0.2, 0.25) is 0 Å². The maximum Gasteiger partial charge on any atom is -0.0316 e. The average Bonchev–Trinajstić information content (AvgIpc) is 1.97. The molecular weight excluding hydrogens is 120 g/mol. The highest BCUT2D eigenvalue weighted by Gasteiger charge is 1.74. The molecule has 0 rings (SSSR count). The van der Waals surface area contributed by atoms with Gasteiger partial charge >= 0.3 is 0 Å². The van der Waals surface area contributed by atoms with E-state index in [2.05, 4.69) is 38.2 Å². The van der Waals surface area contributed by atoms with Crippen molar-refractivity contribution in [3.05, 3.63) is 24.3 Å². The first-order valence-electron chi connectivity index (χ1n) is 4.18. The van der Waals surface area contributed by atoms with E-state index in [0.29, 0.717) is 0 Å². The molecule has 0 aliphatic heterocycles. The minimum absolute atomic E-state index is 1.19. The first kappa shape index (κ1) is 9.48. The van der Waals surface area contributed by atoms with Crippen LogP contribution in [0.3, 0.4) is 0 Å². The number of allylic oxidation sites excluding steroid dienone is 4. The van der Waals surface area contributed by atoms with Crippen LogP contribution in [-0.4, -0.2) is 0 Å². The summed E-state index contributed by atoms with van der Waals surface area (Å²) in [5, 5.41) is 0. The summed E-state index contributed by atoms with van der Waals surface area (Å²) in [6, 6.07) is 0. The van der Waals surface area contributed by atoms with Crippen LogP contribution in [0, 0.1) is 0 Å². The first-order valence-corrected chi connectivity index (χ1v) is 4.18. The zero-order valence-corrected chi connectivity index (χ0v) is 7.14. The van der Waals surface area contributed by atoms with Crippen molar-refractivity contribution in [2.45, 2.75) is 39.5 Å². The van der Waals surface area contributed by atoms with Crippen LogP contribution in [0.1, 0.15) is 39.5 Å². The van der Waals surface area contributed by atoms with Gasteiger partial charge in [-0.1, -0.05) is 37.6 Å². The van der Waals surface area contributed by atoms with Crippen molar-refractivity contribution >= 4 is 0 Å². The van der Waals surface area contributed by atoms with Gasteiger partial charge in [0.15, 0.2) is 0 Å². The fraction of sp³-hybridized carbons (Fsp3) is 0.600. The van der Waals surface area contributed by atoms with Gasteiger partial charge in [0.1, 0.15) is 0 Å². The summed E-state index contributed by atoms with van der Waals surface area (Å²) >= 11 is 0. The van der Waals surface area contributed by atoms with Gasteiger partial charge in [0.05, 0.1) is 0 Å². The van der Waals surface area contributed by atoms with Crippen LogP contribution < -0.4 is 0 Å². The third-order valence-corrected chi connectivity index (χ3v) is 1.36. The summed E-state index contributed by atoms with van der Waals surface area (Å²) in [4.78, 5) is 0. The highest BCUT2D eigenvalue weighted by Crippen LogP contribution is 1.95. The van der Waals surface area contributed by atoms with Crippen molar-refractivity contribution in [3.8, 4) is 0 Å². The molecule has 0 aliphatic rings. The van der Waals surface area contributed by atoms with Crippen molar-refractivity contribution in [2.75, 3.05) is 0 Å². The standard InChI is InChI=1S/C10H18/c1-3-5-7-9-10-8-6-4-2/h3,5,8,10H,4,6-7,9H2,1-2H3/b5-3+,10-8-. The van der Waals surface area contributed by atoms with Crippen molar-refractivity contribution in [3.63, 3.8) is 0 Å². The van der Waals surface area contributed by atoms with E-state index in [1.807, 2.05) is 0 Å². The van der Waals surface area contributed by atoms with Gasteiger partial charge in [-0.25, -0.2) is 0 Å². The molecule has 10 heavy (non-hydrogen) atoms. The molecule has 0 atom stereocenters. The van der Waals surface area contributed by atoms with Gasteiger partial charge in [-0.2, -0.15) is 0 Å². The van der Waals surface area contributed by atoms with Crippen LogP contribution in [0.15, 0.2) is 24.3 Å². The molecule has 0 saturated carbocycles. The Balaban J connectivity index is 3.02. The lowest BCUT2D eigenvalue weighted by Gasteiger charge is -1.85. The highest BCUT2D eigenvalue weighted by molar-refractivity contribution is 4.86. The van der Waals surface area contributed by atoms with Crippen molar-refractivity contribution in [2.24, 2.45) is 0 Å². The third kappa shape index (κ3) is 7.48. The molecule has 0 fully saturated rings. The number of rotatable bonds is 5. The van der Waals surface area contributed by atoms with Crippen LogP contribution in [-0.2, 0) is 0 Å². The number of unbranched alkanes of at least 4 members (excludes halogenated alkanes) is 2. The molecular formula is C10H18. The molecule has 0 nitrogen and oxygen atoms in total. The largest absolute Gasteiger partial charge is 0.0917 e. The minimum atomic E-state index is 1.19. The molecule has 0 aromatic carbocycles. The summed E-state index contributed by atoms with van der Waals surface area (Å²) in [5.41, 5.74) is 0. The van der Waals surface area contributed by atoms with Gasteiger partial charge in [0.2, 0.25) is 0 Å². The van der Waals surface area contributed by atoms with Gasteiger partial charge in [0.25, 0.3) is 0 Å². The molecule has 58 valence electrons. The molecule has 0 radical (unpaired) electrons. The molecule has 0 heteroatoms. The summed E-state index contributed by atoms with van der Waals surface area (Å²) in [5.74, 6) is 0. The minimum Gasteiger partial charge on any atom is -0.0917 e. The second kappa shape index (κ2) is 8.48. The topological polar surface area (TPSA) is 0 Å². The molecule has 0 heterocycles. The maximum atomic E-state index is 2.27. The smallest absolute Gasteiger partial charge is 0.0316 e. The van der Waals surface area contributed by atoms with Gasteiger partial charge in [0, 0.05) is 0 Å². The SMILES string of the molecule is C/C=C/CC/C=C\CCC. The van der Waals surface area contributed by atoms with E-state index in [0.717, 1.165) is 0 Å². The van der Waals surface area contributed by atoms with Crippen molar-refractivity contribution < 1.29 is 0 Å². The Morgan fingerprint density at radius 3 is 2.10 bits per heavy atom. The van der Waals surface area contributed by atoms with E-state index in [1.54, 1.807) is 0 Å². The summed E-state index contributed by atoms with van der Waals surface area (Å²) in [6.07, 6.45) is 13.7. The Morgan fingerprint density at radius 1 is 0.900 bits per heavy atom. The molecule has 0 aromatic rings. The predicted molar refractivity (Wildman–Crippen MR) is 48.1 cm³/mol. The Morgan fingerprint density at radius 2 is 1.50 bits per heavy atom. The van der Waals surface area contributed by atoms with E-state index in [-0.39, 0.29) is 0 Å². The lowest BCUT2D eigenvalue weighted by molar-refractivity contribution is 0.943. The van der Waals surface area contributed by atoms with E-state index in [9.17, 15) is 0 Å². The summed E-state index contributed by atoms with van der Waals surface area (Å²) in [6.45, 7) is 4.27. The highest BCUT2D eigenvalue weighted by atomic mass is 13.8. The fourth-order valence-corrected chi connectivity index (χ4v) is 0.761. The molecule has 0 unspecified atom stereocenters. The Labute approximate surface area is 64.6 Å². The maximum absolute atomic E-state index is 2.27. The second-order valence-electron chi connectivity index (χ2n) is 2.41. The summed E-state index contributed by atoms with van der Waals surface area (Å²) in [7, 11) is 0. The second-order valence-corrected chi connectivity index (χ2v) is 2.41. The van der Waals surface area contributed by atoms with Gasteiger partial charge in [-0.15, -0.1) is 0 Å². The van der Waals surface area contributed by atoms with E-state index >= 15 is 0 Å². The fourth-order valence-electron chi connectivity index (χ4n) is 0.761. The molecule has 0 spiro atoms. The summed E-state index contributed by atoms with van der Waals surface area (Å²) < 4.78 is 0. The lowest BCUT2D eigenvalue weighted by Crippen LogP contribution is -1.65. The van der Waals surface area contributed by atoms with Gasteiger partial charge in [-0.3, -0.25) is 0 Å². The first-order chi connectivity index (χ1) is 4.91. The third-order valence-electron chi connectivity index (χ3n) is 1.36. The monoisotopic (exact) mass is 138 g/mol. The molecule has 0 bridgehead atoms. The van der Waals surface area contributed by atoms with Crippen LogP contribution in [0.25, 0.3) is 0 Å². The van der Waals surface area contributed by atoms with Crippen molar-refractivity contribution in [1.82, 2.24) is 0 Å². The van der Waals surface area contributed by atoms with E-state index in [4.69, 9.17) is 0 Å². The van der Waals surface area contributed by atoms with E-state index < -0.39 is 0 Å². The zero-order chi connectivity index (χ0) is 7.66. The van der Waals surface area contributed by atoms with Crippen molar-refractivity contribution in [1.29, 1.82) is 0 Å². The predicted octanol–water partition coefficient (Wildman–Crippen LogP) is 3.70. The number of hydrogen-bond donors (Lipinski definition) is 0. The molecule has 0 amide bonds. The van der Waals surface area contributed by atoms with Gasteiger partial charge < -0.3 is 0 Å². The van der Waals surface area contributed by atoms with E-state index in [1.165, 1.54) is 25.7 Å².